The number of likely N-dealkylation sites (tertiary alicyclic amines) is 1. The van der Waals surface area contributed by atoms with Crippen LogP contribution in [0.25, 0.3) is 0 Å². The van der Waals surface area contributed by atoms with Crippen LogP contribution in [0.2, 0.25) is 0 Å². The van der Waals surface area contributed by atoms with Crippen LogP contribution in [-0.2, 0) is 4.74 Å². The Morgan fingerprint density at radius 3 is 2.92 bits per heavy atom. The molecule has 2 nitrogen and oxygen atoms in total. The highest BCUT2D eigenvalue weighted by atomic mass is 16.5. The van der Waals surface area contributed by atoms with Crippen molar-refractivity contribution in [2.75, 3.05) is 26.8 Å². The predicted molar refractivity (Wildman–Crippen MR) is 53.8 cm³/mol. The molecule has 0 N–H and O–H groups in total. The van der Waals surface area contributed by atoms with Crippen molar-refractivity contribution in [1.82, 2.24) is 4.90 Å². The normalized spacial score (nSPS) is 42.5. The van der Waals surface area contributed by atoms with E-state index < -0.39 is 0 Å². The van der Waals surface area contributed by atoms with E-state index in [1.54, 1.807) is 0 Å². The Balaban J connectivity index is 2.13. The Morgan fingerprint density at radius 1 is 1.38 bits per heavy atom. The van der Waals surface area contributed by atoms with E-state index in [1.807, 2.05) is 0 Å². The smallest absolute Gasteiger partial charge is 0.0652 e. The minimum absolute atomic E-state index is 0.385. The molecule has 2 atom stereocenters. The van der Waals surface area contributed by atoms with Crippen molar-refractivity contribution < 1.29 is 4.74 Å². The highest BCUT2D eigenvalue weighted by Gasteiger charge is 2.43. The molecule has 2 heterocycles. The van der Waals surface area contributed by atoms with E-state index in [2.05, 4.69) is 18.9 Å². The van der Waals surface area contributed by atoms with Crippen LogP contribution in [0, 0.1) is 5.92 Å². The standard InChI is InChI=1S/C11H21NO/c1-10-5-8-13-9-11(10)6-3-4-7-12(11)2/h10H,3-9H2,1-2H3/t10-,11+/m0/s1. The van der Waals surface area contributed by atoms with Gasteiger partial charge in [0.25, 0.3) is 0 Å². The molecular formula is C11H21NO. The maximum Gasteiger partial charge on any atom is 0.0652 e. The molecule has 0 aromatic carbocycles. The topological polar surface area (TPSA) is 12.5 Å². The molecule has 2 heteroatoms. The third-order valence-electron chi connectivity index (χ3n) is 4.08. The fourth-order valence-electron chi connectivity index (χ4n) is 2.92. The van der Waals surface area contributed by atoms with Crippen LogP contribution in [0.5, 0.6) is 0 Å². The van der Waals surface area contributed by atoms with Gasteiger partial charge in [0, 0.05) is 12.1 Å². The van der Waals surface area contributed by atoms with E-state index >= 15 is 0 Å². The summed E-state index contributed by atoms with van der Waals surface area (Å²) in [6.45, 7) is 5.58. The van der Waals surface area contributed by atoms with Crippen LogP contribution in [0.4, 0.5) is 0 Å². The van der Waals surface area contributed by atoms with Gasteiger partial charge < -0.3 is 4.74 Å². The second-order valence-electron chi connectivity index (χ2n) is 4.72. The van der Waals surface area contributed by atoms with Gasteiger partial charge in [-0.1, -0.05) is 13.3 Å². The second-order valence-corrected chi connectivity index (χ2v) is 4.72. The lowest BCUT2D eigenvalue weighted by molar-refractivity contribution is -0.0905. The number of nitrogens with zero attached hydrogens (tertiary/aromatic N) is 1. The minimum Gasteiger partial charge on any atom is -0.380 e. The molecule has 76 valence electrons. The summed E-state index contributed by atoms with van der Waals surface area (Å²) in [6, 6.07) is 0. The van der Waals surface area contributed by atoms with Crippen LogP contribution >= 0.6 is 0 Å². The second kappa shape index (κ2) is 3.58. The van der Waals surface area contributed by atoms with Crippen molar-refractivity contribution in [3.8, 4) is 0 Å². The highest BCUT2D eigenvalue weighted by Crippen LogP contribution is 2.38. The van der Waals surface area contributed by atoms with Gasteiger partial charge in [-0.25, -0.2) is 0 Å². The summed E-state index contributed by atoms with van der Waals surface area (Å²) < 4.78 is 5.66. The van der Waals surface area contributed by atoms with Gasteiger partial charge in [-0.05, 0) is 38.8 Å². The van der Waals surface area contributed by atoms with E-state index in [1.165, 1.54) is 32.2 Å². The van der Waals surface area contributed by atoms with Crippen molar-refractivity contribution in [2.24, 2.45) is 5.92 Å². The van der Waals surface area contributed by atoms with Crippen LogP contribution in [0.1, 0.15) is 32.6 Å². The molecule has 2 fully saturated rings. The number of likely N-dealkylation sites (N-methyl/N-ethyl adjacent to an activating group) is 1. The summed E-state index contributed by atoms with van der Waals surface area (Å²) in [4.78, 5) is 2.54. The SMILES string of the molecule is C[C@H]1CCOC[C@]12CCCCN2C. The fourth-order valence-corrected chi connectivity index (χ4v) is 2.92. The van der Waals surface area contributed by atoms with Crippen molar-refractivity contribution in [3.05, 3.63) is 0 Å². The van der Waals surface area contributed by atoms with E-state index in [9.17, 15) is 0 Å². The van der Waals surface area contributed by atoms with E-state index in [-0.39, 0.29) is 0 Å². The molecule has 2 rings (SSSR count). The molecule has 0 aromatic heterocycles. The number of ether oxygens (including phenoxy) is 1. The lowest BCUT2D eigenvalue weighted by Crippen LogP contribution is -2.59. The Labute approximate surface area is 81.3 Å². The summed E-state index contributed by atoms with van der Waals surface area (Å²) in [5, 5.41) is 0. The maximum absolute atomic E-state index is 5.66. The quantitative estimate of drug-likeness (QED) is 0.568. The molecule has 0 radical (unpaired) electrons. The summed E-state index contributed by atoms with van der Waals surface area (Å²) >= 11 is 0. The zero-order valence-corrected chi connectivity index (χ0v) is 8.88. The zero-order valence-electron chi connectivity index (χ0n) is 8.88. The molecular weight excluding hydrogens is 162 g/mol. The van der Waals surface area contributed by atoms with Gasteiger partial charge in [0.05, 0.1) is 6.61 Å². The third kappa shape index (κ3) is 1.50. The summed E-state index contributed by atoms with van der Waals surface area (Å²) in [6.07, 6.45) is 5.33. The number of rotatable bonds is 0. The molecule has 2 aliphatic rings. The summed E-state index contributed by atoms with van der Waals surface area (Å²) in [5.41, 5.74) is 0.385. The lowest BCUT2D eigenvalue weighted by Gasteiger charge is -2.51. The Morgan fingerprint density at radius 2 is 2.23 bits per heavy atom. The molecule has 0 unspecified atom stereocenters. The molecule has 2 aliphatic heterocycles. The number of hydrogen-bond acceptors (Lipinski definition) is 2. The first-order valence-electron chi connectivity index (χ1n) is 5.55. The highest BCUT2D eigenvalue weighted by molar-refractivity contribution is 4.97. The molecule has 0 aromatic rings. The molecule has 0 bridgehead atoms. The first-order chi connectivity index (χ1) is 6.26. The fraction of sp³-hybridized carbons (Fsp3) is 1.00. The van der Waals surface area contributed by atoms with Gasteiger partial charge in [0.1, 0.15) is 0 Å². The van der Waals surface area contributed by atoms with Gasteiger partial charge in [0.2, 0.25) is 0 Å². The van der Waals surface area contributed by atoms with Crippen molar-refractivity contribution in [2.45, 2.75) is 38.1 Å². The third-order valence-corrected chi connectivity index (χ3v) is 4.08. The Hall–Kier alpha value is -0.0800. The Bertz CT molecular complexity index is 161. The van der Waals surface area contributed by atoms with Crippen LogP contribution in [0.15, 0.2) is 0 Å². The molecule has 0 amide bonds. The van der Waals surface area contributed by atoms with Gasteiger partial charge >= 0.3 is 0 Å². The van der Waals surface area contributed by atoms with Gasteiger partial charge in [-0.3, -0.25) is 4.90 Å². The largest absolute Gasteiger partial charge is 0.380 e. The van der Waals surface area contributed by atoms with E-state index in [4.69, 9.17) is 4.74 Å². The first kappa shape index (κ1) is 9.47. The minimum atomic E-state index is 0.385. The van der Waals surface area contributed by atoms with Crippen LogP contribution < -0.4 is 0 Å². The average molecular weight is 183 g/mol. The van der Waals surface area contributed by atoms with Crippen molar-refractivity contribution >= 4 is 0 Å². The maximum atomic E-state index is 5.66. The Kier molecular flexibility index (Phi) is 2.61. The molecule has 1 spiro atoms. The predicted octanol–water partition coefficient (Wildman–Crippen LogP) is 1.90. The summed E-state index contributed by atoms with van der Waals surface area (Å²) in [7, 11) is 2.27. The molecule has 2 saturated heterocycles. The molecule has 0 saturated carbocycles. The van der Waals surface area contributed by atoms with Crippen LogP contribution in [0.3, 0.4) is 0 Å². The first-order valence-corrected chi connectivity index (χ1v) is 5.55. The average Bonchev–Trinajstić information content (AvgIpc) is 2.15. The van der Waals surface area contributed by atoms with E-state index in [0.717, 1.165) is 19.1 Å². The monoisotopic (exact) mass is 183 g/mol. The number of piperidine rings is 1. The van der Waals surface area contributed by atoms with Gasteiger partial charge in [-0.15, -0.1) is 0 Å². The van der Waals surface area contributed by atoms with Gasteiger partial charge in [0.15, 0.2) is 0 Å². The molecule has 13 heavy (non-hydrogen) atoms. The van der Waals surface area contributed by atoms with Gasteiger partial charge in [-0.2, -0.15) is 0 Å². The van der Waals surface area contributed by atoms with Crippen molar-refractivity contribution in [3.63, 3.8) is 0 Å². The van der Waals surface area contributed by atoms with Crippen molar-refractivity contribution in [1.29, 1.82) is 0 Å². The molecule has 0 aliphatic carbocycles. The number of hydrogen-bond donors (Lipinski definition) is 0. The van der Waals surface area contributed by atoms with E-state index in [0.29, 0.717) is 5.54 Å². The lowest BCUT2D eigenvalue weighted by atomic mass is 9.75. The zero-order chi connectivity index (χ0) is 9.31. The van der Waals surface area contributed by atoms with Crippen LogP contribution in [-0.4, -0.2) is 37.2 Å². The summed E-state index contributed by atoms with van der Waals surface area (Å²) in [5.74, 6) is 0.812.